The standard InChI is InChI=1S/C66H113NO8/c1-6-8-10-12-14-16-18-20-22-24-26-28-30-31-32-33-35-37-39-41-43-45-47-49-51-53-55-57-64(69)75-62(61-74-66(65(70)71)72-59-58-67(3,4)5)60-73-63(68)56-54-52-50-48-46-44-42-40-38-36-34-29-27-25-23-21-19-17-15-13-11-9-7-2/h8,10,14,16,20,22,26,28,31-32,35,37,41,43,47,49,62,66H,6-7,9,11-13,15,17-19,21,23-25,27,29-30,33-34,36,38-40,42,44-46,48,50-61H2,1-5H3/b10-8-,16-14-,22-20-,28-26-,32-31-,37-35-,43-41-,49-47-. The Balaban J connectivity index is 4.33. The van der Waals surface area contributed by atoms with Gasteiger partial charge in [-0.15, -0.1) is 0 Å². The highest BCUT2D eigenvalue weighted by Gasteiger charge is 2.22. The highest BCUT2D eigenvalue weighted by Crippen LogP contribution is 2.16. The van der Waals surface area contributed by atoms with Crippen LogP contribution in [0.3, 0.4) is 0 Å². The first kappa shape index (κ1) is 71.2. The predicted octanol–water partition coefficient (Wildman–Crippen LogP) is 16.8. The number of esters is 2. The van der Waals surface area contributed by atoms with E-state index in [9.17, 15) is 19.5 Å². The number of quaternary nitrogens is 1. The summed E-state index contributed by atoms with van der Waals surface area (Å²) in [5.74, 6) is -2.34. The molecule has 0 aromatic carbocycles. The van der Waals surface area contributed by atoms with Gasteiger partial charge in [-0.1, -0.05) is 252 Å². The molecule has 0 aromatic heterocycles. The smallest absolute Gasteiger partial charge is 0.306 e. The first-order chi connectivity index (χ1) is 36.6. The topological polar surface area (TPSA) is 111 Å². The number of ether oxygens (including phenoxy) is 4. The van der Waals surface area contributed by atoms with Gasteiger partial charge in [0.05, 0.1) is 40.3 Å². The molecule has 0 fully saturated rings. The predicted molar refractivity (Wildman–Crippen MR) is 315 cm³/mol. The molecule has 9 heteroatoms. The zero-order chi connectivity index (χ0) is 54.8. The van der Waals surface area contributed by atoms with Crippen LogP contribution in [0.4, 0.5) is 0 Å². The minimum Gasteiger partial charge on any atom is -0.545 e. The number of likely N-dealkylation sites (N-methyl/N-ethyl adjacent to an activating group) is 1. The van der Waals surface area contributed by atoms with Crippen molar-refractivity contribution >= 4 is 17.9 Å². The van der Waals surface area contributed by atoms with E-state index in [0.29, 0.717) is 17.4 Å². The van der Waals surface area contributed by atoms with Crippen molar-refractivity contribution in [2.75, 3.05) is 47.5 Å². The van der Waals surface area contributed by atoms with E-state index in [2.05, 4.69) is 111 Å². The number of nitrogens with zero attached hydrogens (tertiary/aromatic N) is 1. The number of carboxylic acid groups (broad SMARTS) is 1. The third kappa shape index (κ3) is 57.7. The second-order valence-corrected chi connectivity index (χ2v) is 21.3. The number of allylic oxidation sites excluding steroid dienone is 16. The minimum atomic E-state index is -1.64. The first-order valence-electron chi connectivity index (χ1n) is 30.4. The van der Waals surface area contributed by atoms with Crippen molar-refractivity contribution in [2.24, 2.45) is 0 Å². The molecular weight excluding hydrogens is 935 g/mol. The third-order valence-electron chi connectivity index (χ3n) is 12.8. The number of carbonyl (C=O) groups is 3. The average molecular weight is 1050 g/mol. The van der Waals surface area contributed by atoms with Gasteiger partial charge in [0, 0.05) is 12.8 Å². The summed E-state index contributed by atoms with van der Waals surface area (Å²) in [6.07, 6.45) is 73.2. The zero-order valence-electron chi connectivity index (χ0n) is 48.9. The molecule has 75 heavy (non-hydrogen) atoms. The molecule has 0 bridgehead atoms. The van der Waals surface area contributed by atoms with Crippen LogP contribution in [0.2, 0.25) is 0 Å². The first-order valence-corrected chi connectivity index (χ1v) is 30.4. The largest absolute Gasteiger partial charge is 0.545 e. The molecule has 0 aromatic rings. The Morgan fingerprint density at radius 2 is 0.760 bits per heavy atom. The quantitative estimate of drug-likeness (QED) is 0.0195. The van der Waals surface area contributed by atoms with Crippen LogP contribution >= 0.6 is 0 Å². The van der Waals surface area contributed by atoms with Gasteiger partial charge in [0.25, 0.3) is 0 Å². The van der Waals surface area contributed by atoms with Crippen LogP contribution in [0.5, 0.6) is 0 Å². The summed E-state index contributed by atoms with van der Waals surface area (Å²) in [5, 5.41) is 11.8. The lowest BCUT2D eigenvalue weighted by Gasteiger charge is -2.26. The van der Waals surface area contributed by atoms with E-state index in [1.807, 2.05) is 21.1 Å². The van der Waals surface area contributed by atoms with Crippen LogP contribution < -0.4 is 5.11 Å². The number of carbonyl (C=O) groups excluding carboxylic acids is 3. The molecule has 0 amide bonds. The Kier molecular flexibility index (Phi) is 53.6. The lowest BCUT2D eigenvalue weighted by molar-refractivity contribution is -0.870. The van der Waals surface area contributed by atoms with Crippen molar-refractivity contribution in [2.45, 2.75) is 257 Å². The number of aliphatic carboxylic acids is 1. The number of carboxylic acids is 1. The summed E-state index contributed by atoms with van der Waals surface area (Å²) in [5.41, 5.74) is 0. The van der Waals surface area contributed by atoms with Crippen LogP contribution in [0, 0.1) is 0 Å². The molecule has 430 valence electrons. The molecule has 9 nitrogen and oxygen atoms in total. The number of unbranched alkanes of at least 4 members (excludes halogenated alkanes) is 24. The number of hydrogen-bond donors (Lipinski definition) is 0. The monoisotopic (exact) mass is 1050 g/mol. The van der Waals surface area contributed by atoms with Crippen molar-refractivity contribution in [1.29, 1.82) is 0 Å². The molecule has 0 spiro atoms. The van der Waals surface area contributed by atoms with Crippen molar-refractivity contribution < 1.29 is 42.9 Å². The molecule has 0 radical (unpaired) electrons. The molecule has 0 aliphatic rings. The van der Waals surface area contributed by atoms with E-state index >= 15 is 0 Å². The molecule has 0 N–H and O–H groups in total. The highest BCUT2D eigenvalue weighted by atomic mass is 16.7. The summed E-state index contributed by atoms with van der Waals surface area (Å²) in [6.45, 7) is 4.60. The fourth-order valence-electron chi connectivity index (χ4n) is 8.20. The number of hydrogen-bond acceptors (Lipinski definition) is 8. The van der Waals surface area contributed by atoms with Crippen LogP contribution in [-0.4, -0.2) is 82.3 Å². The van der Waals surface area contributed by atoms with Crippen molar-refractivity contribution in [3.05, 3.63) is 97.2 Å². The van der Waals surface area contributed by atoms with Gasteiger partial charge in [-0.05, 0) is 77.0 Å². The van der Waals surface area contributed by atoms with Crippen LogP contribution in [0.1, 0.15) is 245 Å². The molecule has 0 aliphatic carbocycles. The Labute approximate surface area is 461 Å². The lowest BCUT2D eigenvalue weighted by atomic mass is 10.0. The second kappa shape index (κ2) is 56.4. The Morgan fingerprint density at radius 3 is 1.13 bits per heavy atom. The van der Waals surface area contributed by atoms with E-state index < -0.39 is 24.3 Å². The fourth-order valence-corrected chi connectivity index (χ4v) is 8.20. The minimum absolute atomic E-state index is 0.135. The van der Waals surface area contributed by atoms with Gasteiger partial charge >= 0.3 is 11.9 Å². The van der Waals surface area contributed by atoms with Gasteiger partial charge in [0.1, 0.15) is 13.2 Å². The lowest BCUT2D eigenvalue weighted by Crippen LogP contribution is -2.44. The van der Waals surface area contributed by atoms with Gasteiger partial charge in [-0.2, -0.15) is 0 Å². The van der Waals surface area contributed by atoms with Crippen LogP contribution in [0.25, 0.3) is 0 Å². The van der Waals surface area contributed by atoms with Crippen molar-refractivity contribution in [3.63, 3.8) is 0 Å². The molecule has 0 heterocycles. The zero-order valence-corrected chi connectivity index (χ0v) is 48.9. The SMILES string of the molecule is CC/C=C\C/C=C\C/C=C\C/C=C\C/C=C\C/C=C\C/C=C\C/C=C\CCCCC(=O)OC(COC(=O)CCCCCCCCCCCCCCCCCCCCCCCCC)COC(OCC[N+](C)(C)C)C(=O)[O-]. The Morgan fingerprint density at radius 1 is 0.413 bits per heavy atom. The Bertz CT molecular complexity index is 1550. The fraction of sp³-hybridized carbons (Fsp3) is 0.712. The molecule has 0 rings (SSSR count). The van der Waals surface area contributed by atoms with E-state index in [-0.39, 0.29) is 38.6 Å². The van der Waals surface area contributed by atoms with Crippen LogP contribution in [0.15, 0.2) is 97.2 Å². The van der Waals surface area contributed by atoms with E-state index in [1.54, 1.807) is 0 Å². The van der Waals surface area contributed by atoms with Gasteiger partial charge in [0.15, 0.2) is 12.4 Å². The van der Waals surface area contributed by atoms with Gasteiger partial charge in [0.2, 0.25) is 0 Å². The average Bonchev–Trinajstić information content (AvgIpc) is 3.38. The molecule has 0 aliphatic heterocycles. The van der Waals surface area contributed by atoms with Crippen LogP contribution in [-0.2, 0) is 33.3 Å². The maximum absolute atomic E-state index is 12.9. The molecular formula is C66H113NO8. The third-order valence-corrected chi connectivity index (χ3v) is 12.8. The van der Waals surface area contributed by atoms with E-state index in [0.717, 1.165) is 83.5 Å². The summed E-state index contributed by atoms with van der Waals surface area (Å²) >= 11 is 0. The van der Waals surface area contributed by atoms with E-state index in [4.69, 9.17) is 18.9 Å². The van der Waals surface area contributed by atoms with Gasteiger partial charge in [-0.3, -0.25) is 9.59 Å². The van der Waals surface area contributed by atoms with Gasteiger partial charge < -0.3 is 33.3 Å². The number of rotatable bonds is 55. The maximum Gasteiger partial charge on any atom is 0.306 e. The molecule has 0 saturated heterocycles. The van der Waals surface area contributed by atoms with Gasteiger partial charge in [-0.25, -0.2) is 0 Å². The van der Waals surface area contributed by atoms with Crippen molar-refractivity contribution in [1.82, 2.24) is 0 Å². The molecule has 0 saturated carbocycles. The maximum atomic E-state index is 12.9. The van der Waals surface area contributed by atoms with E-state index in [1.165, 1.54) is 128 Å². The summed E-state index contributed by atoms with van der Waals surface area (Å²) < 4.78 is 22.7. The molecule has 2 unspecified atom stereocenters. The summed E-state index contributed by atoms with van der Waals surface area (Å²) in [7, 11) is 5.90. The highest BCUT2D eigenvalue weighted by molar-refractivity contribution is 5.70. The summed E-state index contributed by atoms with van der Waals surface area (Å²) in [4.78, 5) is 37.3. The summed E-state index contributed by atoms with van der Waals surface area (Å²) in [6, 6.07) is 0. The normalized spacial score (nSPS) is 13.5. The molecule has 2 atom stereocenters. The Hall–Kier alpha value is -3.79. The second-order valence-electron chi connectivity index (χ2n) is 21.3. The van der Waals surface area contributed by atoms with Crippen molar-refractivity contribution in [3.8, 4) is 0 Å².